The Labute approximate surface area is 147 Å². The van der Waals surface area contributed by atoms with Gasteiger partial charge in [-0.1, -0.05) is 0 Å². The number of alkyl halides is 4. The van der Waals surface area contributed by atoms with Gasteiger partial charge in [0.2, 0.25) is 0 Å². The molecule has 1 aromatic heterocycles. The fraction of sp³-hybridized carbons (Fsp3) is 0.500. The minimum Gasteiger partial charge on any atom is -0.373 e. The van der Waals surface area contributed by atoms with Crippen LogP contribution in [0.1, 0.15) is 34.5 Å². The van der Waals surface area contributed by atoms with Crippen LogP contribution in [0, 0.1) is 0 Å². The van der Waals surface area contributed by atoms with E-state index in [9.17, 15) is 22.4 Å². The highest BCUT2D eigenvalue weighted by Gasteiger charge is 2.40. The zero-order valence-corrected chi connectivity index (χ0v) is 14.1. The minimum absolute atomic E-state index is 0.0402. The molecule has 8 heteroatoms. The first-order valence-corrected chi connectivity index (χ1v) is 8.54. The molecule has 0 atom stereocenters. The molecule has 0 aliphatic heterocycles. The summed E-state index contributed by atoms with van der Waals surface area (Å²) in [6, 6.07) is 5.35. The number of aryl methyl sites for hydroxylation is 2. The van der Waals surface area contributed by atoms with Crippen molar-refractivity contribution < 1.29 is 27.1 Å². The smallest absolute Gasteiger partial charge is 0.330 e. The fourth-order valence-corrected chi connectivity index (χ4v) is 3.16. The zero-order valence-electron chi connectivity index (χ0n) is 14.1. The number of amides is 1. The monoisotopic (exact) mass is 372 g/mol. The number of ether oxygens (including phenoxy) is 1. The number of halogens is 4. The minimum atomic E-state index is -4.18. The van der Waals surface area contributed by atoms with Crippen molar-refractivity contribution in [2.75, 3.05) is 19.8 Å². The summed E-state index contributed by atoms with van der Waals surface area (Å²) in [5.41, 5.74) is 3.92. The van der Waals surface area contributed by atoms with Gasteiger partial charge in [-0.2, -0.15) is 8.78 Å². The van der Waals surface area contributed by atoms with Crippen molar-refractivity contribution >= 4 is 16.8 Å². The number of hydrogen-bond acceptors (Lipinski definition) is 2. The molecule has 26 heavy (non-hydrogen) atoms. The molecule has 1 heterocycles. The lowest BCUT2D eigenvalue weighted by molar-refractivity contribution is -0.165. The van der Waals surface area contributed by atoms with Crippen LogP contribution < -0.4 is 5.32 Å². The van der Waals surface area contributed by atoms with Gasteiger partial charge in [0.15, 0.2) is 0 Å². The number of H-pyrrole nitrogens is 1. The van der Waals surface area contributed by atoms with Gasteiger partial charge in [-0.15, -0.1) is 0 Å². The molecule has 0 unspecified atom stereocenters. The number of hydrogen-bond donors (Lipinski definition) is 2. The van der Waals surface area contributed by atoms with Crippen molar-refractivity contribution in [3.63, 3.8) is 0 Å². The Kier molecular flexibility index (Phi) is 5.50. The first-order valence-electron chi connectivity index (χ1n) is 8.54. The first-order chi connectivity index (χ1) is 12.4. The Morgan fingerprint density at radius 3 is 2.81 bits per heavy atom. The average Bonchev–Trinajstić information content (AvgIpc) is 2.98. The van der Waals surface area contributed by atoms with E-state index >= 15 is 0 Å². The zero-order chi connectivity index (χ0) is 18.7. The van der Waals surface area contributed by atoms with Gasteiger partial charge in [0.1, 0.15) is 6.61 Å². The maximum atomic E-state index is 12.7. The highest BCUT2D eigenvalue weighted by Crippen LogP contribution is 2.29. The van der Waals surface area contributed by atoms with Crippen LogP contribution in [0.15, 0.2) is 18.2 Å². The summed E-state index contributed by atoms with van der Waals surface area (Å²) in [5.74, 6) is -4.54. The van der Waals surface area contributed by atoms with Crippen LogP contribution >= 0.6 is 0 Å². The van der Waals surface area contributed by atoms with Gasteiger partial charge in [-0.3, -0.25) is 4.79 Å². The molecule has 0 saturated carbocycles. The maximum Gasteiger partial charge on any atom is 0.330 e. The Balaban J connectivity index is 1.55. The van der Waals surface area contributed by atoms with E-state index in [-0.39, 0.29) is 19.1 Å². The van der Waals surface area contributed by atoms with Crippen molar-refractivity contribution in [2.24, 2.45) is 0 Å². The molecule has 0 fully saturated rings. The number of benzene rings is 1. The molecule has 1 aliphatic carbocycles. The molecule has 2 aromatic rings. The molecule has 3 rings (SSSR count). The largest absolute Gasteiger partial charge is 0.373 e. The topological polar surface area (TPSA) is 54.1 Å². The second-order valence-corrected chi connectivity index (χ2v) is 6.42. The van der Waals surface area contributed by atoms with E-state index in [1.54, 1.807) is 6.07 Å². The molecule has 1 aliphatic rings. The molecule has 0 radical (unpaired) electrons. The van der Waals surface area contributed by atoms with Crippen molar-refractivity contribution in [1.29, 1.82) is 0 Å². The highest BCUT2D eigenvalue weighted by molar-refractivity contribution is 5.99. The van der Waals surface area contributed by atoms with E-state index in [0.717, 1.165) is 36.6 Å². The summed E-state index contributed by atoms with van der Waals surface area (Å²) < 4.78 is 53.9. The molecule has 0 spiro atoms. The number of aromatic amines is 1. The SMILES string of the molecule is O=C(NCCOCC(F)(F)C(F)F)c1ccc2[nH]c3c(c2c1)CCCC3. The van der Waals surface area contributed by atoms with Crippen molar-refractivity contribution in [2.45, 2.75) is 38.0 Å². The number of carbonyl (C=O) groups is 1. The normalized spacial score (nSPS) is 14.7. The lowest BCUT2D eigenvalue weighted by atomic mass is 9.95. The van der Waals surface area contributed by atoms with Crippen molar-refractivity contribution in [3.05, 3.63) is 35.0 Å². The van der Waals surface area contributed by atoms with Crippen molar-refractivity contribution in [1.82, 2.24) is 10.3 Å². The average molecular weight is 372 g/mol. The number of aromatic nitrogens is 1. The summed E-state index contributed by atoms with van der Waals surface area (Å²) in [4.78, 5) is 15.6. The van der Waals surface area contributed by atoms with Gasteiger partial charge in [0, 0.05) is 28.7 Å². The van der Waals surface area contributed by atoms with Gasteiger partial charge >= 0.3 is 12.3 Å². The third-order valence-electron chi connectivity index (χ3n) is 4.51. The van der Waals surface area contributed by atoms with E-state index in [1.807, 2.05) is 12.1 Å². The van der Waals surface area contributed by atoms with Crippen LogP contribution in [-0.4, -0.2) is 43.0 Å². The standard InChI is InChI=1S/C18H20F4N2O2/c19-17(20)18(21,22)10-26-8-7-23-16(25)11-5-6-15-13(9-11)12-3-1-2-4-14(12)24-15/h5-6,9,17,24H,1-4,7-8,10H2,(H,23,25). The molecular weight excluding hydrogens is 352 g/mol. The number of fused-ring (bicyclic) bond motifs is 3. The Morgan fingerprint density at radius 1 is 1.27 bits per heavy atom. The molecule has 4 nitrogen and oxygen atoms in total. The van der Waals surface area contributed by atoms with E-state index < -0.39 is 19.0 Å². The number of nitrogens with one attached hydrogen (secondary N) is 2. The predicted octanol–water partition coefficient (Wildman–Crippen LogP) is 3.69. The summed E-state index contributed by atoms with van der Waals surface area (Å²) in [7, 11) is 0. The number of rotatable bonds is 7. The number of carbonyl (C=O) groups excluding carboxylic acids is 1. The Hall–Kier alpha value is -2.09. The lowest BCUT2D eigenvalue weighted by Crippen LogP contribution is -2.34. The second-order valence-electron chi connectivity index (χ2n) is 6.42. The molecule has 1 aromatic carbocycles. The summed E-state index contributed by atoms with van der Waals surface area (Å²) in [5, 5.41) is 3.57. The van der Waals surface area contributed by atoms with E-state index in [2.05, 4.69) is 15.0 Å². The van der Waals surface area contributed by atoms with Crippen LogP contribution in [0.4, 0.5) is 17.6 Å². The van der Waals surface area contributed by atoms with E-state index in [0.29, 0.717) is 5.56 Å². The Bertz CT molecular complexity index is 789. The van der Waals surface area contributed by atoms with Gasteiger partial charge in [0.25, 0.3) is 5.91 Å². The molecule has 2 N–H and O–H groups in total. The van der Waals surface area contributed by atoms with Crippen LogP contribution in [0.5, 0.6) is 0 Å². The van der Waals surface area contributed by atoms with Gasteiger partial charge in [0.05, 0.1) is 6.61 Å². The fourth-order valence-electron chi connectivity index (χ4n) is 3.16. The van der Waals surface area contributed by atoms with Crippen LogP contribution in [0.2, 0.25) is 0 Å². The van der Waals surface area contributed by atoms with Crippen LogP contribution in [-0.2, 0) is 17.6 Å². The summed E-state index contributed by atoms with van der Waals surface area (Å²) >= 11 is 0. The molecule has 0 bridgehead atoms. The summed E-state index contributed by atoms with van der Waals surface area (Å²) in [6.07, 6.45) is 0.490. The van der Waals surface area contributed by atoms with Crippen molar-refractivity contribution in [3.8, 4) is 0 Å². The molecule has 142 valence electrons. The third kappa shape index (κ3) is 4.00. The van der Waals surface area contributed by atoms with Gasteiger partial charge in [-0.25, -0.2) is 8.78 Å². The quantitative estimate of drug-likeness (QED) is 0.575. The van der Waals surface area contributed by atoms with Gasteiger partial charge < -0.3 is 15.0 Å². The summed E-state index contributed by atoms with van der Waals surface area (Å²) in [6.45, 7) is -1.68. The molecule has 0 saturated heterocycles. The predicted molar refractivity (Wildman–Crippen MR) is 89.0 cm³/mol. The lowest BCUT2D eigenvalue weighted by Gasteiger charge is -2.15. The maximum absolute atomic E-state index is 12.7. The molecular formula is C18H20F4N2O2. The van der Waals surface area contributed by atoms with Gasteiger partial charge in [-0.05, 0) is 49.4 Å². The Morgan fingerprint density at radius 2 is 2.04 bits per heavy atom. The van der Waals surface area contributed by atoms with E-state index in [1.165, 1.54) is 11.3 Å². The first kappa shape index (κ1) is 18.7. The van der Waals surface area contributed by atoms with Crippen LogP contribution in [0.3, 0.4) is 0 Å². The van der Waals surface area contributed by atoms with Crippen LogP contribution in [0.25, 0.3) is 10.9 Å². The van der Waals surface area contributed by atoms with E-state index in [4.69, 9.17) is 0 Å². The highest BCUT2D eigenvalue weighted by atomic mass is 19.3. The third-order valence-corrected chi connectivity index (χ3v) is 4.51. The second kappa shape index (κ2) is 7.65. The molecule has 1 amide bonds.